The number of aromatic carboxylic acids is 1. The number of ether oxygens (including phenoxy) is 1. The Morgan fingerprint density at radius 3 is 2.32 bits per heavy atom. The third-order valence-electron chi connectivity index (χ3n) is 4.33. The third kappa shape index (κ3) is 5.54. The molecule has 1 atom stereocenters. The second-order valence-electron chi connectivity index (χ2n) is 6.91. The number of carbonyl (C=O) groups is 1. The largest absolute Gasteiger partial charge is 0.512 e. The number of carboxylic acids is 1. The molecule has 0 radical (unpaired) electrons. The van der Waals surface area contributed by atoms with Gasteiger partial charge in [-0.25, -0.2) is 9.18 Å². The fourth-order valence-corrected chi connectivity index (χ4v) is 2.83. The van der Waals surface area contributed by atoms with Gasteiger partial charge in [0.25, 0.3) is 0 Å². The van der Waals surface area contributed by atoms with Crippen molar-refractivity contribution in [3.8, 4) is 0 Å². The highest BCUT2D eigenvalue weighted by Gasteiger charge is 2.22. The summed E-state index contributed by atoms with van der Waals surface area (Å²) < 4.78 is 19.2. The van der Waals surface area contributed by atoms with Crippen LogP contribution in [-0.2, 0) is 11.2 Å². The van der Waals surface area contributed by atoms with Gasteiger partial charge in [0.05, 0.1) is 17.4 Å². The summed E-state index contributed by atoms with van der Waals surface area (Å²) in [4.78, 5) is 11.1. The molecule has 0 fully saturated rings. The van der Waals surface area contributed by atoms with Crippen LogP contribution in [0.5, 0.6) is 0 Å². The smallest absolute Gasteiger partial charge is 0.335 e. The molecule has 2 aromatic rings. The predicted molar refractivity (Wildman–Crippen MR) is 108 cm³/mol. The van der Waals surface area contributed by atoms with Gasteiger partial charge in [-0.05, 0) is 67.3 Å². The van der Waals surface area contributed by atoms with Crippen LogP contribution in [0.15, 0.2) is 66.4 Å². The fraction of sp³-hybridized carbons (Fsp3) is 0.261. The van der Waals surface area contributed by atoms with E-state index in [1.54, 1.807) is 31.2 Å². The number of hydrogen-bond acceptors (Lipinski definition) is 3. The van der Waals surface area contributed by atoms with Crippen LogP contribution in [0.1, 0.15) is 42.3 Å². The highest BCUT2D eigenvalue weighted by atomic mass is 19.1. The minimum absolute atomic E-state index is 0.0800. The molecule has 0 heterocycles. The van der Waals surface area contributed by atoms with E-state index < -0.39 is 12.1 Å². The monoisotopic (exact) mass is 384 g/mol. The van der Waals surface area contributed by atoms with Crippen molar-refractivity contribution >= 4 is 11.5 Å². The van der Waals surface area contributed by atoms with E-state index in [4.69, 9.17) is 9.84 Å². The van der Waals surface area contributed by atoms with Gasteiger partial charge in [0.1, 0.15) is 11.9 Å². The minimum Gasteiger partial charge on any atom is -0.512 e. The van der Waals surface area contributed by atoms with Gasteiger partial charge in [-0.3, -0.25) is 0 Å². The molecule has 4 nitrogen and oxygen atoms in total. The van der Waals surface area contributed by atoms with Crippen molar-refractivity contribution < 1.29 is 24.1 Å². The van der Waals surface area contributed by atoms with Gasteiger partial charge in [-0.2, -0.15) is 0 Å². The zero-order valence-corrected chi connectivity index (χ0v) is 16.3. The summed E-state index contributed by atoms with van der Waals surface area (Å²) in [6.07, 6.45) is -0.546. The van der Waals surface area contributed by atoms with Crippen LogP contribution in [0.4, 0.5) is 4.39 Å². The van der Waals surface area contributed by atoms with Crippen LogP contribution in [0.3, 0.4) is 0 Å². The predicted octanol–water partition coefficient (Wildman–Crippen LogP) is 5.41. The van der Waals surface area contributed by atoms with Crippen LogP contribution in [-0.4, -0.2) is 28.4 Å². The average Bonchev–Trinajstić information content (AvgIpc) is 2.65. The third-order valence-corrected chi connectivity index (χ3v) is 4.33. The Morgan fingerprint density at radius 1 is 1.11 bits per heavy atom. The lowest BCUT2D eigenvalue weighted by atomic mass is 9.94. The first kappa shape index (κ1) is 21.4. The lowest BCUT2D eigenvalue weighted by Gasteiger charge is -2.25. The topological polar surface area (TPSA) is 66.8 Å². The number of benzene rings is 2. The maximum atomic E-state index is 13.2. The van der Waals surface area contributed by atoms with E-state index in [0.717, 1.165) is 0 Å². The normalized spacial score (nSPS) is 13.2. The lowest BCUT2D eigenvalue weighted by molar-refractivity contribution is 0.0581. The highest BCUT2D eigenvalue weighted by Crippen LogP contribution is 2.28. The molecule has 2 rings (SSSR count). The molecule has 5 heteroatoms. The summed E-state index contributed by atoms with van der Waals surface area (Å²) in [5.41, 5.74) is 2.73. The quantitative estimate of drug-likeness (QED) is 0.598. The summed E-state index contributed by atoms with van der Waals surface area (Å²) in [6, 6.07) is 12.4. The van der Waals surface area contributed by atoms with Gasteiger partial charge in [0.2, 0.25) is 0 Å². The Hall–Kier alpha value is -2.92. The molecule has 0 aliphatic carbocycles. The van der Waals surface area contributed by atoms with Crippen molar-refractivity contribution in [3.05, 3.63) is 88.9 Å². The van der Waals surface area contributed by atoms with Crippen molar-refractivity contribution in [1.29, 1.82) is 0 Å². The van der Waals surface area contributed by atoms with Gasteiger partial charge in [0.15, 0.2) is 0 Å². The zero-order chi connectivity index (χ0) is 20.8. The van der Waals surface area contributed by atoms with Gasteiger partial charge < -0.3 is 14.9 Å². The van der Waals surface area contributed by atoms with E-state index in [0.29, 0.717) is 22.3 Å². The molecule has 0 aromatic heterocycles. The van der Waals surface area contributed by atoms with Gasteiger partial charge in [0, 0.05) is 6.42 Å². The Balaban J connectivity index is 2.33. The molecule has 0 saturated carbocycles. The van der Waals surface area contributed by atoms with Gasteiger partial charge in [-0.1, -0.05) is 30.8 Å². The SMILES string of the molecule is C=C(c1ccc(F)cc1)C(OC(C)C)C(C)=C(O)Cc1cccc(C(=O)O)c1. The highest BCUT2D eigenvalue weighted by molar-refractivity contribution is 5.87. The van der Waals surface area contributed by atoms with Crippen LogP contribution < -0.4 is 0 Å². The van der Waals surface area contributed by atoms with Gasteiger partial charge in [-0.15, -0.1) is 0 Å². The Morgan fingerprint density at radius 2 is 1.75 bits per heavy atom. The Bertz CT molecular complexity index is 882. The molecule has 2 N–H and O–H groups in total. The van der Waals surface area contributed by atoms with Crippen molar-refractivity contribution in [1.82, 2.24) is 0 Å². The molecule has 0 aliphatic rings. The number of hydrogen-bond donors (Lipinski definition) is 2. The van der Waals surface area contributed by atoms with Crippen molar-refractivity contribution in [3.63, 3.8) is 0 Å². The van der Waals surface area contributed by atoms with E-state index in [1.165, 1.54) is 24.3 Å². The molecule has 0 bridgehead atoms. The summed E-state index contributed by atoms with van der Waals surface area (Å²) in [6.45, 7) is 9.59. The standard InChI is InChI=1S/C23H25FO4/c1-14(2)28-22(15(3)18-8-10-20(24)11-9-18)16(4)21(25)13-17-6-5-7-19(12-17)23(26)27/h5-12,14,22,25H,3,13H2,1-2,4H3,(H,26,27). The number of carboxylic acid groups (broad SMARTS) is 1. The molecular formula is C23H25FO4. The summed E-state index contributed by atoms with van der Waals surface area (Å²) in [5, 5.41) is 19.8. The second kappa shape index (κ2) is 9.33. The molecule has 0 aliphatic heterocycles. The molecular weight excluding hydrogens is 359 g/mol. The van der Waals surface area contributed by atoms with E-state index in [9.17, 15) is 14.3 Å². The molecule has 148 valence electrons. The average molecular weight is 384 g/mol. The first-order valence-electron chi connectivity index (χ1n) is 9.00. The molecule has 0 amide bonds. The zero-order valence-electron chi connectivity index (χ0n) is 16.3. The van der Waals surface area contributed by atoms with E-state index >= 15 is 0 Å². The fourth-order valence-electron chi connectivity index (χ4n) is 2.83. The second-order valence-corrected chi connectivity index (χ2v) is 6.91. The van der Waals surface area contributed by atoms with Crippen LogP contribution >= 0.6 is 0 Å². The Kier molecular flexibility index (Phi) is 7.12. The first-order chi connectivity index (χ1) is 13.2. The van der Waals surface area contributed by atoms with Crippen molar-refractivity contribution in [2.24, 2.45) is 0 Å². The number of halogens is 1. The molecule has 2 aromatic carbocycles. The molecule has 1 unspecified atom stereocenters. The van der Waals surface area contributed by atoms with Crippen LogP contribution in [0.2, 0.25) is 0 Å². The van der Waals surface area contributed by atoms with E-state index in [1.807, 2.05) is 13.8 Å². The minimum atomic E-state index is -1.02. The molecule has 0 spiro atoms. The molecule has 0 saturated heterocycles. The Labute approximate surface area is 164 Å². The number of rotatable bonds is 8. The summed E-state index contributed by atoms with van der Waals surface area (Å²) in [7, 11) is 0. The van der Waals surface area contributed by atoms with Crippen LogP contribution in [0, 0.1) is 5.82 Å². The van der Waals surface area contributed by atoms with Crippen molar-refractivity contribution in [2.75, 3.05) is 0 Å². The number of aliphatic hydroxyl groups is 1. The van der Waals surface area contributed by atoms with Gasteiger partial charge >= 0.3 is 5.97 Å². The maximum absolute atomic E-state index is 13.2. The summed E-state index contributed by atoms with van der Waals surface area (Å²) in [5.74, 6) is -1.28. The molecule has 28 heavy (non-hydrogen) atoms. The number of allylic oxidation sites excluding steroid dienone is 1. The summed E-state index contributed by atoms with van der Waals surface area (Å²) >= 11 is 0. The van der Waals surface area contributed by atoms with E-state index in [2.05, 4.69) is 6.58 Å². The van der Waals surface area contributed by atoms with E-state index in [-0.39, 0.29) is 29.7 Å². The van der Waals surface area contributed by atoms with Crippen LogP contribution in [0.25, 0.3) is 5.57 Å². The van der Waals surface area contributed by atoms with Crippen molar-refractivity contribution in [2.45, 2.75) is 39.4 Å². The maximum Gasteiger partial charge on any atom is 0.335 e. The number of aliphatic hydroxyl groups excluding tert-OH is 1. The first-order valence-corrected chi connectivity index (χ1v) is 9.00. The lowest BCUT2D eigenvalue weighted by Crippen LogP contribution is -2.22.